The number of hydrogen-bond acceptors (Lipinski definition) is 3. The van der Waals surface area contributed by atoms with Crippen LogP contribution in [0.15, 0.2) is 42.6 Å². The minimum Gasteiger partial charge on any atom is -0.383 e. The monoisotopic (exact) mass is 402 g/mol. The summed E-state index contributed by atoms with van der Waals surface area (Å²) in [4.78, 5) is 28.8. The molecule has 1 aromatic heterocycles. The zero-order valence-corrected chi connectivity index (χ0v) is 16.8. The van der Waals surface area contributed by atoms with Gasteiger partial charge < -0.3 is 24.4 Å². The predicted molar refractivity (Wildman–Crippen MR) is 107 cm³/mol. The lowest BCUT2D eigenvalue weighted by Crippen LogP contribution is -2.50. The third kappa shape index (κ3) is 4.76. The lowest BCUT2D eigenvalue weighted by Gasteiger charge is -2.38. The summed E-state index contributed by atoms with van der Waals surface area (Å²) >= 11 is 0. The largest absolute Gasteiger partial charge is 0.383 e. The molecule has 0 aliphatic carbocycles. The van der Waals surface area contributed by atoms with Crippen molar-refractivity contribution in [3.05, 3.63) is 59.7 Å². The number of urea groups is 1. The van der Waals surface area contributed by atoms with Crippen molar-refractivity contribution in [2.75, 3.05) is 39.9 Å². The third-order valence-electron chi connectivity index (χ3n) is 5.03. The van der Waals surface area contributed by atoms with Crippen LogP contribution >= 0.6 is 0 Å². The summed E-state index contributed by atoms with van der Waals surface area (Å²) in [5, 5.41) is 2.73. The molecular weight excluding hydrogens is 375 g/mol. The number of carbonyl (C=O) groups excluding carboxylic acids is 2. The molecule has 0 saturated heterocycles. The van der Waals surface area contributed by atoms with Gasteiger partial charge in [0.25, 0.3) is 0 Å². The van der Waals surface area contributed by atoms with Crippen molar-refractivity contribution >= 4 is 11.9 Å². The van der Waals surface area contributed by atoms with Crippen LogP contribution in [-0.4, -0.2) is 66.2 Å². The first-order valence-electron chi connectivity index (χ1n) is 9.76. The van der Waals surface area contributed by atoms with Gasteiger partial charge in [-0.2, -0.15) is 0 Å². The first kappa shape index (κ1) is 20.9. The van der Waals surface area contributed by atoms with Crippen LogP contribution in [0.25, 0.3) is 0 Å². The molecule has 8 heteroatoms. The number of amides is 3. The average Bonchev–Trinajstić information content (AvgIpc) is 3.19. The number of benzene rings is 1. The van der Waals surface area contributed by atoms with Gasteiger partial charge in [-0.15, -0.1) is 0 Å². The van der Waals surface area contributed by atoms with E-state index >= 15 is 0 Å². The zero-order chi connectivity index (χ0) is 20.8. The molecule has 1 aromatic carbocycles. The second-order valence-electron chi connectivity index (χ2n) is 6.92. The van der Waals surface area contributed by atoms with Gasteiger partial charge in [0.05, 0.1) is 12.6 Å². The lowest BCUT2D eigenvalue weighted by molar-refractivity contribution is -0.134. The number of fused-ring (bicyclic) bond motifs is 1. The Labute approximate surface area is 170 Å². The summed E-state index contributed by atoms with van der Waals surface area (Å²) < 4.78 is 21.1. The van der Waals surface area contributed by atoms with Crippen molar-refractivity contribution in [2.45, 2.75) is 19.5 Å². The van der Waals surface area contributed by atoms with Gasteiger partial charge in [-0.05, 0) is 36.8 Å². The summed E-state index contributed by atoms with van der Waals surface area (Å²) in [5.74, 6) is -0.531. The second-order valence-corrected chi connectivity index (χ2v) is 6.92. The second kappa shape index (κ2) is 9.56. The van der Waals surface area contributed by atoms with Crippen LogP contribution in [0.2, 0.25) is 0 Å². The molecule has 0 spiro atoms. The Morgan fingerprint density at radius 3 is 2.83 bits per heavy atom. The maximum atomic E-state index is 13.9. The molecule has 1 aliphatic heterocycles. The van der Waals surface area contributed by atoms with Gasteiger partial charge in [-0.1, -0.05) is 12.1 Å². The van der Waals surface area contributed by atoms with Crippen LogP contribution in [0, 0.1) is 5.82 Å². The fourth-order valence-electron chi connectivity index (χ4n) is 3.65. The van der Waals surface area contributed by atoms with E-state index < -0.39 is 6.04 Å². The molecule has 3 rings (SSSR count). The molecule has 1 unspecified atom stereocenters. The normalized spacial score (nSPS) is 15.7. The third-order valence-corrected chi connectivity index (χ3v) is 5.03. The van der Waals surface area contributed by atoms with E-state index in [2.05, 4.69) is 9.88 Å². The highest BCUT2D eigenvalue weighted by Crippen LogP contribution is 2.32. The molecule has 1 atom stereocenters. The van der Waals surface area contributed by atoms with E-state index in [4.69, 9.17) is 4.74 Å². The number of aromatic nitrogens is 1. The molecule has 3 amide bonds. The van der Waals surface area contributed by atoms with Crippen LogP contribution in [0.5, 0.6) is 0 Å². The molecule has 1 N–H and O–H groups in total. The van der Waals surface area contributed by atoms with E-state index in [-0.39, 0.29) is 24.3 Å². The Bertz CT molecular complexity index is 854. The van der Waals surface area contributed by atoms with Crippen molar-refractivity contribution in [3.8, 4) is 0 Å². The molecule has 0 fully saturated rings. The van der Waals surface area contributed by atoms with Crippen LogP contribution in [0.4, 0.5) is 9.18 Å². The van der Waals surface area contributed by atoms with Crippen LogP contribution in [-0.2, 0) is 16.1 Å². The summed E-state index contributed by atoms with van der Waals surface area (Å²) in [7, 11) is 1.55. The lowest BCUT2D eigenvalue weighted by atomic mass is 9.99. The van der Waals surface area contributed by atoms with Gasteiger partial charge in [0, 0.05) is 45.2 Å². The molecule has 2 aromatic rings. The van der Waals surface area contributed by atoms with E-state index in [1.165, 1.54) is 17.0 Å². The number of nitrogens with one attached hydrogen (secondary N) is 1. The van der Waals surface area contributed by atoms with Gasteiger partial charge >= 0.3 is 6.03 Å². The number of carbonyl (C=O) groups is 2. The zero-order valence-electron chi connectivity index (χ0n) is 16.8. The van der Waals surface area contributed by atoms with Crippen molar-refractivity contribution in [3.63, 3.8) is 0 Å². The number of ether oxygens (including phenoxy) is 1. The smallest absolute Gasteiger partial charge is 0.317 e. The van der Waals surface area contributed by atoms with Crippen molar-refractivity contribution in [1.82, 2.24) is 19.7 Å². The van der Waals surface area contributed by atoms with Crippen LogP contribution in [0.3, 0.4) is 0 Å². The highest BCUT2D eigenvalue weighted by Gasteiger charge is 2.33. The minimum absolute atomic E-state index is 0.0677. The van der Waals surface area contributed by atoms with Crippen LogP contribution in [0.1, 0.15) is 24.2 Å². The Kier molecular flexibility index (Phi) is 6.87. The molecular formula is C21H27FN4O3. The van der Waals surface area contributed by atoms with Crippen LogP contribution < -0.4 is 5.32 Å². The molecule has 7 nitrogen and oxygen atoms in total. The fourth-order valence-corrected chi connectivity index (χ4v) is 3.65. The van der Waals surface area contributed by atoms with Gasteiger partial charge in [0.15, 0.2) is 0 Å². The number of hydrogen-bond donors (Lipinski definition) is 1. The summed E-state index contributed by atoms with van der Waals surface area (Å²) in [5.41, 5.74) is 1.64. The average molecular weight is 402 g/mol. The van der Waals surface area contributed by atoms with Crippen molar-refractivity contribution < 1.29 is 18.7 Å². The molecule has 0 saturated carbocycles. The molecule has 29 heavy (non-hydrogen) atoms. The predicted octanol–water partition coefficient (Wildman–Crippen LogP) is 2.24. The Morgan fingerprint density at radius 1 is 1.28 bits per heavy atom. The summed E-state index contributed by atoms with van der Waals surface area (Å²) in [6, 6.07) is 9.48. The first-order valence-corrected chi connectivity index (χ1v) is 9.76. The Morgan fingerprint density at radius 2 is 2.10 bits per heavy atom. The highest BCUT2D eigenvalue weighted by atomic mass is 19.1. The van der Waals surface area contributed by atoms with E-state index in [0.717, 1.165) is 5.69 Å². The van der Waals surface area contributed by atoms with Gasteiger partial charge in [0.1, 0.15) is 12.4 Å². The van der Waals surface area contributed by atoms with Crippen molar-refractivity contribution in [1.29, 1.82) is 0 Å². The summed E-state index contributed by atoms with van der Waals surface area (Å²) in [6.45, 7) is 4.01. The Balaban J connectivity index is 1.86. The number of rotatable bonds is 7. The maximum Gasteiger partial charge on any atom is 0.317 e. The Hall–Kier alpha value is -2.87. The number of nitrogens with zero attached hydrogens (tertiary/aromatic N) is 3. The van der Waals surface area contributed by atoms with E-state index in [9.17, 15) is 14.0 Å². The van der Waals surface area contributed by atoms with E-state index in [1.807, 2.05) is 31.3 Å². The fraction of sp³-hybridized carbons (Fsp3) is 0.429. The van der Waals surface area contributed by atoms with E-state index in [0.29, 0.717) is 38.3 Å². The minimum atomic E-state index is -0.402. The van der Waals surface area contributed by atoms with Crippen molar-refractivity contribution in [2.24, 2.45) is 0 Å². The molecule has 0 bridgehead atoms. The number of halogens is 1. The topological polar surface area (TPSA) is 66.8 Å². The summed E-state index contributed by atoms with van der Waals surface area (Å²) in [6.07, 6.45) is 1.96. The first-order chi connectivity index (χ1) is 14.0. The molecule has 156 valence electrons. The number of methoxy groups -OCH3 is 1. The maximum absolute atomic E-state index is 13.9. The van der Waals surface area contributed by atoms with E-state index in [1.54, 1.807) is 18.1 Å². The molecule has 0 radical (unpaired) electrons. The van der Waals surface area contributed by atoms with Gasteiger partial charge in [-0.25, -0.2) is 9.18 Å². The van der Waals surface area contributed by atoms with Gasteiger partial charge in [0.2, 0.25) is 5.91 Å². The molecule has 2 heterocycles. The SMILES string of the molecule is CCNC(=O)N(CCOC)CC(=O)N1CCn2cccc2C1c1cccc(F)c1. The quantitative estimate of drug-likeness (QED) is 0.772. The highest BCUT2D eigenvalue weighted by molar-refractivity contribution is 5.84. The standard InChI is InChI=1S/C21H27FN4O3/c1-3-23-21(28)25(12-13-29-2)15-19(27)26-11-10-24-9-5-8-18(24)20(26)16-6-4-7-17(22)14-16/h4-9,14,20H,3,10-13,15H2,1-2H3,(H,23,28). The molecule has 1 aliphatic rings. The van der Waals surface area contributed by atoms with Gasteiger partial charge in [-0.3, -0.25) is 4.79 Å².